The summed E-state index contributed by atoms with van der Waals surface area (Å²) in [6, 6.07) is 9.57. The van der Waals surface area contributed by atoms with Gasteiger partial charge in [0.1, 0.15) is 29.2 Å². The van der Waals surface area contributed by atoms with Crippen LogP contribution in [0.15, 0.2) is 48.6 Å². The fraction of sp³-hybridized carbons (Fsp3) is 0.500. The molecule has 4 unspecified atom stereocenters. The van der Waals surface area contributed by atoms with Gasteiger partial charge in [0.2, 0.25) is 21.8 Å². The molecule has 3 heterocycles. The molecule has 15 heteroatoms. The van der Waals surface area contributed by atoms with E-state index in [1.807, 2.05) is 55.5 Å². The van der Waals surface area contributed by atoms with Crippen LogP contribution in [-0.4, -0.2) is 103 Å². The molecule has 2 aliphatic heterocycles. The smallest absolute Gasteiger partial charge is 0.318 e. The van der Waals surface area contributed by atoms with Crippen LogP contribution in [-0.2, 0) is 19.6 Å². The lowest BCUT2D eigenvalue weighted by molar-refractivity contribution is -0.143. The zero-order valence-corrected chi connectivity index (χ0v) is 31.5. The van der Waals surface area contributed by atoms with Crippen molar-refractivity contribution < 1.29 is 37.0 Å². The lowest BCUT2D eigenvalue weighted by atomic mass is 10.1. The lowest BCUT2D eigenvalue weighted by Crippen LogP contribution is -2.58. The van der Waals surface area contributed by atoms with Crippen molar-refractivity contribution in [3.63, 3.8) is 0 Å². The molecule has 2 saturated carbocycles. The second kappa shape index (κ2) is 13.8. The molecular weight excluding hydrogens is 701 g/mol. The van der Waals surface area contributed by atoms with Crippen LogP contribution < -0.4 is 24.2 Å². The van der Waals surface area contributed by atoms with Crippen molar-refractivity contribution in [2.24, 2.45) is 5.92 Å². The first-order chi connectivity index (χ1) is 25.3. The van der Waals surface area contributed by atoms with Gasteiger partial charge in [-0.05, 0) is 88.8 Å². The molecule has 2 aromatic carbocycles. The van der Waals surface area contributed by atoms with Crippen molar-refractivity contribution in [3.8, 4) is 28.8 Å². The minimum atomic E-state index is -3.95. The van der Waals surface area contributed by atoms with Crippen molar-refractivity contribution in [2.75, 3.05) is 34.4 Å². The number of nitrogens with zero attached hydrogens (tertiary/aromatic N) is 4. The lowest BCUT2D eigenvalue weighted by Gasteiger charge is -2.33. The van der Waals surface area contributed by atoms with Gasteiger partial charge in [-0.15, -0.1) is 0 Å². The Morgan fingerprint density at radius 1 is 1.04 bits per heavy atom. The molecule has 2 aliphatic carbocycles. The Labute approximate surface area is 309 Å². The van der Waals surface area contributed by atoms with Crippen molar-refractivity contribution >= 4 is 38.8 Å². The highest BCUT2D eigenvalue weighted by Crippen LogP contribution is 2.51. The molecule has 3 fully saturated rings. The number of aryl methyl sites for hydroxylation is 1. The first kappa shape index (κ1) is 36.4. The van der Waals surface area contributed by atoms with Crippen molar-refractivity contribution in [1.29, 1.82) is 0 Å². The van der Waals surface area contributed by atoms with Crippen LogP contribution in [0.5, 0.6) is 17.4 Å². The summed E-state index contributed by atoms with van der Waals surface area (Å²) in [5, 5.41) is 3.59. The number of amides is 4. The molecule has 2 N–H and O–H groups in total. The maximum absolute atomic E-state index is 14.5. The number of aromatic nitrogens is 2. The monoisotopic (exact) mass is 746 g/mol. The Bertz CT molecular complexity index is 2090. The van der Waals surface area contributed by atoms with E-state index >= 15 is 0 Å². The Kier molecular flexibility index (Phi) is 9.49. The third-order valence-corrected chi connectivity index (χ3v) is 13.4. The van der Waals surface area contributed by atoms with Crippen molar-refractivity contribution in [1.82, 2.24) is 29.8 Å². The third-order valence-electron chi connectivity index (χ3n) is 11.3. The highest BCUT2D eigenvalue weighted by Gasteiger charge is 2.65. The Balaban J connectivity index is 1.22. The maximum atomic E-state index is 14.5. The summed E-state index contributed by atoms with van der Waals surface area (Å²) in [5.41, 5.74) is 0.736. The Morgan fingerprint density at radius 2 is 1.79 bits per heavy atom. The van der Waals surface area contributed by atoms with Crippen molar-refractivity contribution in [3.05, 3.63) is 54.1 Å². The number of methoxy groups -OCH3 is 2. The van der Waals surface area contributed by atoms with E-state index < -0.39 is 50.3 Å². The van der Waals surface area contributed by atoms with E-state index in [-0.39, 0.29) is 31.2 Å². The molecule has 0 bridgehead atoms. The van der Waals surface area contributed by atoms with Gasteiger partial charge in [-0.3, -0.25) is 14.3 Å². The second-order valence-electron chi connectivity index (χ2n) is 14.7. The van der Waals surface area contributed by atoms with Gasteiger partial charge >= 0.3 is 6.03 Å². The van der Waals surface area contributed by atoms with Crippen LogP contribution in [0.2, 0.25) is 0 Å². The topological polar surface area (TPSA) is 169 Å². The molecule has 4 amide bonds. The SMILES string of the molecule is COc1ccc(-c2nc(OC3CC4C(=O)N(C)C5(C(=O)NS(=O)(=O)C6(C)CC6)CC5/C=C\CCCCNC(=O)N4C3)c3ccc(OC)c(C)c3n2)cc1. The molecule has 14 nitrogen and oxygen atoms in total. The zero-order valence-electron chi connectivity index (χ0n) is 30.7. The fourth-order valence-corrected chi connectivity index (χ4v) is 8.72. The summed E-state index contributed by atoms with van der Waals surface area (Å²) in [6.07, 6.45) is 6.79. The zero-order chi connectivity index (χ0) is 37.7. The number of carbonyl (C=O) groups is 3. The van der Waals surface area contributed by atoms with Crippen LogP contribution in [0.25, 0.3) is 22.3 Å². The number of rotatable bonds is 8. The number of fused-ring (bicyclic) bond motifs is 3. The number of sulfonamides is 1. The summed E-state index contributed by atoms with van der Waals surface area (Å²) >= 11 is 0. The van der Waals surface area contributed by atoms with E-state index in [9.17, 15) is 22.8 Å². The van der Waals surface area contributed by atoms with Gasteiger partial charge in [0.05, 0.1) is 36.4 Å². The normalized spacial score (nSPS) is 26.1. The van der Waals surface area contributed by atoms with E-state index in [1.54, 1.807) is 21.1 Å². The van der Waals surface area contributed by atoms with Gasteiger partial charge in [-0.1, -0.05) is 12.2 Å². The molecule has 1 aromatic heterocycles. The van der Waals surface area contributed by atoms with Gasteiger partial charge in [-0.2, -0.15) is 4.98 Å². The summed E-state index contributed by atoms with van der Waals surface area (Å²) in [5.74, 6) is 0.447. The van der Waals surface area contributed by atoms with Crippen LogP contribution in [0.4, 0.5) is 4.79 Å². The predicted octanol–water partition coefficient (Wildman–Crippen LogP) is 4.11. The van der Waals surface area contributed by atoms with E-state index in [0.29, 0.717) is 47.6 Å². The Morgan fingerprint density at radius 3 is 2.49 bits per heavy atom. The minimum Gasteiger partial charge on any atom is -0.497 e. The first-order valence-electron chi connectivity index (χ1n) is 18.0. The molecule has 3 aromatic rings. The van der Waals surface area contributed by atoms with Crippen LogP contribution in [0, 0.1) is 12.8 Å². The first-order valence-corrected chi connectivity index (χ1v) is 19.5. The highest BCUT2D eigenvalue weighted by molar-refractivity contribution is 7.91. The van der Waals surface area contributed by atoms with E-state index in [4.69, 9.17) is 24.2 Å². The van der Waals surface area contributed by atoms with E-state index in [2.05, 4.69) is 10.0 Å². The molecule has 0 spiro atoms. The molecule has 53 heavy (non-hydrogen) atoms. The number of benzene rings is 2. The number of ether oxygens (including phenoxy) is 3. The molecule has 1 saturated heterocycles. The fourth-order valence-electron chi connectivity index (χ4n) is 7.41. The quantitative estimate of drug-likeness (QED) is 0.320. The van der Waals surface area contributed by atoms with Crippen LogP contribution in [0.1, 0.15) is 57.4 Å². The maximum Gasteiger partial charge on any atom is 0.318 e. The number of carbonyl (C=O) groups excluding carboxylic acids is 3. The summed E-state index contributed by atoms with van der Waals surface area (Å²) in [4.78, 5) is 54.7. The molecule has 4 atom stereocenters. The highest BCUT2D eigenvalue weighted by atomic mass is 32.2. The van der Waals surface area contributed by atoms with Crippen LogP contribution >= 0.6 is 0 Å². The number of likely N-dealkylation sites (N-methyl/N-ethyl adjacent to an activating group) is 1. The average molecular weight is 747 g/mol. The third kappa shape index (κ3) is 6.64. The van der Waals surface area contributed by atoms with Gasteiger partial charge in [0.15, 0.2) is 5.82 Å². The van der Waals surface area contributed by atoms with E-state index in [0.717, 1.165) is 30.4 Å². The standard InChI is InChI=1S/C38H46N6O8S/c1-23-30(51-5)16-15-28-31(23)40-32(24-11-13-26(50-4)14-12-24)41-33(28)52-27-20-29-34(45)43(3)38(35(46)42-53(48,49)37(2)17-18-37)21-25(38)10-8-6-7-9-19-39-36(47)44(29)22-27/h8,10-16,25,27,29H,6-7,9,17-22H2,1-5H3,(H,39,47)(H,42,46)/b10-8-. The van der Waals surface area contributed by atoms with Crippen LogP contribution in [0.3, 0.4) is 0 Å². The molecule has 0 radical (unpaired) electrons. The molecule has 7 rings (SSSR count). The van der Waals surface area contributed by atoms with Gasteiger partial charge < -0.3 is 29.3 Å². The summed E-state index contributed by atoms with van der Waals surface area (Å²) in [6.45, 7) is 4.02. The molecular formula is C38H46N6O8S. The molecule has 282 valence electrons. The minimum absolute atomic E-state index is 0.0733. The predicted molar refractivity (Wildman–Crippen MR) is 197 cm³/mol. The second-order valence-corrected chi connectivity index (χ2v) is 16.9. The largest absolute Gasteiger partial charge is 0.497 e. The van der Waals surface area contributed by atoms with Crippen molar-refractivity contribution in [2.45, 2.75) is 81.2 Å². The van der Waals surface area contributed by atoms with Gasteiger partial charge in [0.25, 0.3) is 5.91 Å². The Hall–Kier alpha value is -4.92. The van der Waals surface area contributed by atoms with Gasteiger partial charge in [0, 0.05) is 37.1 Å². The van der Waals surface area contributed by atoms with Gasteiger partial charge in [-0.25, -0.2) is 18.2 Å². The molecule has 4 aliphatic rings. The number of nitrogens with one attached hydrogen (secondary N) is 2. The number of hydrogen-bond acceptors (Lipinski definition) is 10. The van der Waals surface area contributed by atoms with E-state index in [1.165, 1.54) is 16.8 Å². The number of urea groups is 1. The average Bonchev–Trinajstić information content (AvgIpc) is 4.04. The number of hydrogen-bond donors (Lipinski definition) is 2. The number of allylic oxidation sites excluding steroid dienone is 1. The summed E-state index contributed by atoms with van der Waals surface area (Å²) in [7, 11) is 0.751. The summed E-state index contributed by atoms with van der Waals surface area (Å²) < 4.78 is 45.2.